The molecule has 0 bridgehead atoms. The molecule has 0 aliphatic carbocycles. The van der Waals surface area contributed by atoms with E-state index in [0.717, 1.165) is 23.4 Å². The van der Waals surface area contributed by atoms with Gasteiger partial charge >= 0.3 is 0 Å². The smallest absolute Gasteiger partial charge is 0.127 e. The first kappa shape index (κ1) is 14.4. The molecule has 0 fully saturated rings. The number of rotatable bonds is 4. The topological polar surface area (TPSA) is 27.1 Å². The summed E-state index contributed by atoms with van der Waals surface area (Å²) in [4.78, 5) is 4.67. The Hall–Kier alpha value is -1.06. The number of methoxy groups -OCH3 is 1. The lowest BCUT2D eigenvalue weighted by Crippen LogP contribution is -2.30. The number of hydrogen-bond acceptors (Lipinski definition) is 2. The summed E-state index contributed by atoms with van der Waals surface area (Å²) in [5.41, 5.74) is 3.10. The molecule has 1 aromatic heterocycles. The van der Waals surface area contributed by atoms with E-state index in [1.165, 1.54) is 5.56 Å². The van der Waals surface area contributed by atoms with Gasteiger partial charge in [0, 0.05) is 7.11 Å². The Balaban J connectivity index is 2.64. The first-order valence-corrected chi connectivity index (χ1v) is 6.94. The normalized spacial score (nSPS) is 14.0. The van der Waals surface area contributed by atoms with Crippen molar-refractivity contribution < 1.29 is 4.74 Å². The standard InChI is InChI=1S/C15H21ClN2O/c1-10-7-6-8-12-13(10)18(9-15(3,4)19-5)14(17-12)11(2)16/h6-8,11H,9H2,1-5H3. The zero-order valence-corrected chi connectivity index (χ0v) is 13.0. The van der Waals surface area contributed by atoms with E-state index < -0.39 is 0 Å². The van der Waals surface area contributed by atoms with E-state index in [9.17, 15) is 0 Å². The molecule has 1 atom stereocenters. The second kappa shape index (κ2) is 5.14. The number of fused-ring (bicyclic) bond motifs is 1. The number of aromatic nitrogens is 2. The molecule has 0 spiro atoms. The highest BCUT2D eigenvalue weighted by Crippen LogP contribution is 2.28. The number of halogens is 1. The molecule has 1 aromatic carbocycles. The summed E-state index contributed by atoms with van der Waals surface area (Å²) in [6.07, 6.45) is 0. The predicted molar refractivity (Wildman–Crippen MR) is 79.8 cm³/mol. The van der Waals surface area contributed by atoms with Gasteiger partial charge in [-0.1, -0.05) is 12.1 Å². The number of para-hydroxylation sites is 1. The predicted octanol–water partition coefficient (Wildman–Crippen LogP) is 4.07. The van der Waals surface area contributed by atoms with Crippen molar-refractivity contribution in [1.29, 1.82) is 0 Å². The fraction of sp³-hybridized carbons (Fsp3) is 0.533. The third kappa shape index (κ3) is 2.77. The van der Waals surface area contributed by atoms with E-state index in [1.54, 1.807) is 7.11 Å². The number of aryl methyl sites for hydroxylation is 1. The van der Waals surface area contributed by atoms with Crippen LogP contribution in [0.3, 0.4) is 0 Å². The first-order valence-electron chi connectivity index (χ1n) is 6.50. The van der Waals surface area contributed by atoms with Gasteiger partial charge < -0.3 is 9.30 Å². The largest absolute Gasteiger partial charge is 0.377 e. The Bertz CT molecular complexity index is 587. The fourth-order valence-electron chi connectivity index (χ4n) is 2.29. The summed E-state index contributed by atoms with van der Waals surface area (Å²) >= 11 is 6.28. The van der Waals surface area contributed by atoms with Crippen LogP contribution in [0.15, 0.2) is 18.2 Å². The third-order valence-corrected chi connectivity index (χ3v) is 3.64. The number of benzene rings is 1. The van der Waals surface area contributed by atoms with Crippen LogP contribution < -0.4 is 0 Å². The lowest BCUT2D eigenvalue weighted by Gasteiger charge is -2.25. The van der Waals surface area contributed by atoms with Crippen LogP contribution in [-0.4, -0.2) is 22.3 Å². The molecule has 2 aromatic rings. The highest BCUT2D eigenvalue weighted by Gasteiger charge is 2.23. The van der Waals surface area contributed by atoms with Crippen molar-refractivity contribution in [3.63, 3.8) is 0 Å². The average Bonchev–Trinajstić information content (AvgIpc) is 2.69. The minimum absolute atomic E-state index is 0.126. The van der Waals surface area contributed by atoms with E-state index in [4.69, 9.17) is 16.3 Å². The Morgan fingerprint density at radius 3 is 2.68 bits per heavy atom. The number of alkyl halides is 1. The summed E-state index contributed by atoms with van der Waals surface area (Å²) in [6.45, 7) is 8.92. The van der Waals surface area contributed by atoms with E-state index in [-0.39, 0.29) is 11.0 Å². The van der Waals surface area contributed by atoms with Gasteiger partial charge in [-0.3, -0.25) is 0 Å². The van der Waals surface area contributed by atoms with Gasteiger partial charge in [0.15, 0.2) is 0 Å². The first-order chi connectivity index (χ1) is 8.85. The summed E-state index contributed by atoms with van der Waals surface area (Å²) in [5, 5.41) is -0.126. The lowest BCUT2D eigenvalue weighted by molar-refractivity contribution is 0.00841. The van der Waals surface area contributed by atoms with Gasteiger partial charge in [-0.25, -0.2) is 4.98 Å². The van der Waals surface area contributed by atoms with Crippen molar-refractivity contribution in [2.45, 2.75) is 45.2 Å². The molecule has 0 amide bonds. The molecule has 3 nitrogen and oxygen atoms in total. The van der Waals surface area contributed by atoms with Crippen LogP contribution in [0.4, 0.5) is 0 Å². The molecule has 0 aliphatic heterocycles. The zero-order chi connectivity index (χ0) is 14.2. The fourth-order valence-corrected chi connectivity index (χ4v) is 2.46. The number of imidazole rings is 1. The molecule has 104 valence electrons. The number of hydrogen-bond donors (Lipinski definition) is 0. The summed E-state index contributed by atoms with van der Waals surface area (Å²) < 4.78 is 7.73. The average molecular weight is 281 g/mol. The van der Waals surface area contributed by atoms with E-state index in [0.29, 0.717) is 0 Å². The van der Waals surface area contributed by atoms with Gasteiger partial charge in [-0.05, 0) is 39.3 Å². The molecule has 0 saturated heterocycles. The molecule has 1 heterocycles. The van der Waals surface area contributed by atoms with Crippen molar-refractivity contribution >= 4 is 22.6 Å². The molecular weight excluding hydrogens is 260 g/mol. The summed E-state index contributed by atoms with van der Waals surface area (Å²) in [5.74, 6) is 0.899. The Labute approximate surface area is 119 Å². The maximum absolute atomic E-state index is 6.28. The van der Waals surface area contributed by atoms with Crippen LogP contribution >= 0.6 is 11.6 Å². The quantitative estimate of drug-likeness (QED) is 0.790. The number of ether oxygens (including phenoxy) is 1. The second-order valence-corrected chi connectivity index (χ2v) is 6.23. The molecule has 0 aliphatic rings. The highest BCUT2D eigenvalue weighted by molar-refractivity contribution is 6.20. The van der Waals surface area contributed by atoms with Gasteiger partial charge in [-0.2, -0.15) is 0 Å². The van der Waals surface area contributed by atoms with Crippen LogP contribution in [0, 0.1) is 6.92 Å². The van der Waals surface area contributed by atoms with Crippen LogP contribution in [0.5, 0.6) is 0 Å². The molecule has 19 heavy (non-hydrogen) atoms. The third-order valence-electron chi connectivity index (χ3n) is 3.45. The van der Waals surface area contributed by atoms with Gasteiger partial charge in [0.25, 0.3) is 0 Å². The van der Waals surface area contributed by atoms with E-state index >= 15 is 0 Å². The van der Waals surface area contributed by atoms with Gasteiger partial charge in [0.1, 0.15) is 5.82 Å². The lowest BCUT2D eigenvalue weighted by atomic mass is 10.1. The molecule has 0 N–H and O–H groups in total. The van der Waals surface area contributed by atoms with E-state index in [2.05, 4.69) is 36.4 Å². The SMILES string of the molecule is COC(C)(C)Cn1c(C(C)Cl)nc2cccc(C)c21. The monoisotopic (exact) mass is 280 g/mol. The molecule has 2 rings (SSSR count). The van der Waals surface area contributed by atoms with Crippen LogP contribution in [0.2, 0.25) is 0 Å². The van der Waals surface area contributed by atoms with Crippen LogP contribution in [0.1, 0.15) is 37.5 Å². The molecule has 4 heteroatoms. The van der Waals surface area contributed by atoms with Crippen molar-refractivity contribution in [2.24, 2.45) is 0 Å². The minimum atomic E-state index is -0.254. The van der Waals surface area contributed by atoms with Crippen LogP contribution in [0.25, 0.3) is 11.0 Å². The van der Waals surface area contributed by atoms with Gasteiger partial charge in [0.05, 0.1) is 28.6 Å². The maximum atomic E-state index is 6.28. The van der Waals surface area contributed by atoms with Crippen molar-refractivity contribution in [3.8, 4) is 0 Å². The van der Waals surface area contributed by atoms with Gasteiger partial charge in [-0.15, -0.1) is 11.6 Å². The van der Waals surface area contributed by atoms with Crippen LogP contribution in [-0.2, 0) is 11.3 Å². The Morgan fingerprint density at radius 1 is 1.42 bits per heavy atom. The highest BCUT2D eigenvalue weighted by atomic mass is 35.5. The Kier molecular flexibility index (Phi) is 3.88. The zero-order valence-electron chi connectivity index (χ0n) is 12.2. The van der Waals surface area contributed by atoms with E-state index in [1.807, 2.05) is 19.1 Å². The molecule has 0 radical (unpaired) electrons. The van der Waals surface area contributed by atoms with Gasteiger partial charge in [0.2, 0.25) is 0 Å². The van der Waals surface area contributed by atoms with Crippen molar-refractivity contribution in [3.05, 3.63) is 29.6 Å². The van der Waals surface area contributed by atoms with Crippen molar-refractivity contribution in [2.75, 3.05) is 7.11 Å². The summed E-state index contributed by atoms with van der Waals surface area (Å²) in [6, 6.07) is 6.16. The van der Waals surface area contributed by atoms with Crippen molar-refractivity contribution in [1.82, 2.24) is 9.55 Å². The molecular formula is C15H21ClN2O. The molecule has 1 unspecified atom stereocenters. The summed E-state index contributed by atoms with van der Waals surface area (Å²) in [7, 11) is 1.73. The Morgan fingerprint density at radius 2 is 2.11 bits per heavy atom. The minimum Gasteiger partial charge on any atom is -0.377 e. The number of nitrogens with zero attached hydrogens (tertiary/aromatic N) is 2. The maximum Gasteiger partial charge on any atom is 0.127 e. The second-order valence-electron chi connectivity index (χ2n) is 5.58. The molecule has 0 saturated carbocycles.